The summed E-state index contributed by atoms with van der Waals surface area (Å²) in [5.41, 5.74) is 5.75. The number of benzene rings is 6. The highest BCUT2D eigenvalue weighted by Gasteiger charge is 2.48. The fourth-order valence-electron chi connectivity index (χ4n) is 8.28. The summed E-state index contributed by atoms with van der Waals surface area (Å²) in [4.78, 5) is 12.1. The van der Waals surface area contributed by atoms with Crippen molar-refractivity contribution in [3.05, 3.63) is 199 Å². The van der Waals surface area contributed by atoms with E-state index in [-0.39, 0.29) is 0 Å². The lowest BCUT2D eigenvalue weighted by molar-refractivity contribution is 0.402. The molecule has 0 radical (unpaired) electrons. The molecule has 3 nitrogen and oxygen atoms in total. The Hall–Kier alpha value is -6.08. The Morgan fingerprint density at radius 2 is 1.25 bits per heavy atom. The number of aromatic nitrogens is 3. The number of hydrogen-bond donors (Lipinski definition) is 0. The summed E-state index contributed by atoms with van der Waals surface area (Å²) in [5, 5.41) is 7.56. The third-order valence-corrected chi connectivity index (χ3v) is 16.9. The van der Waals surface area contributed by atoms with Gasteiger partial charge >= 0.3 is 0 Å². The molecule has 10 rings (SSSR count). The summed E-state index contributed by atoms with van der Waals surface area (Å²) in [6.07, 6.45) is 2.29. The zero-order valence-electron chi connectivity index (χ0n) is 28.6. The van der Waals surface area contributed by atoms with E-state index in [1.807, 2.05) is 84.7 Å². The molecular weight excluding hydrogens is 686 g/mol. The van der Waals surface area contributed by atoms with E-state index in [1.54, 1.807) is 6.20 Å². The molecule has 1 unspecified atom stereocenters. The molecule has 6 aromatic carbocycles. The van der Waals surface area contributed by atoms with Gasteiger partial charge in [0.25, 0.3) is 0 Å². The average molecular weight is 718 g/mol. The summed E-state index contributed by atoms with van der Waals surface area (Å²) >= 11 is 1.84. The summed E-state index contributed by atoms with van der Waals surface area (Å²) in [7, 11) is -2.94. The molecule has 53 heavy (non-hydrogen) atoms. The number of rotatable bonds is 6. The molecule has 252 valence electrons. The van der Waals surface area contributed by atoms with Crippen LogP contribution in [0.1, 0.15) is 17.3 Å². The SMILES string of the molecule is FC(c1cccc(-c2ccccn2)c1)c1cccc(-n2c3ncccc3c3ccc4c(c32)[Si](c2ccccc2)(c2ccccc2)c2ccccc2S4)c1. The van der Waals surface area contributed by atoms with Crippen LogP contribution in [0.4, 0.5) is 4.39 Å². The van der Waals surface area contributed by atoms with E-state index in [0.29, 0.717) is 11.1 Å². The number of hydrogen-bond acceptors (Lipinski definition) is 3. The van der Waals surface area contributed by atoms with Gasteiger partial charge in [-0.2, -0.15) is 0 Å². The molecule has 1 aliphatic rings. The molecule has 0 aliphatic carbocycles. The minimum Gasteiger partial charge on any atom is -0.294 e. The van der Waals surface area contributed by atoms with Crippen LogP contribution in [0.3, 0.4) is 0 Å². The lowest BCUT2D eigenvalue weighted by atomic mass is 9.99. The third kappa shape index (κ3) is 5.01. The molecule has 9 aromatic rings. The van der Waals surface area contributed by atoms with Crippen molar-refractivity contribution in [1.29, 1.82) is 0 Å². The molecule has 1 atom stereocenters. The second-order valence-electron chi connectivity index (χ2n) is 13.4. The Balaban J connectivity index is 1.26. The Morgan fingerprint density at radius 3 is 2.02 bits per heavy atom. The van der Waals surface area contributed by atoms with Crippen molar-refractivity contribution in [3.63, 3.8) is 0 Å². The van der Waals surface area contributed by atoms with Gasteiger partial charge in [0.2, 0.25) is 0 Å². The van der Waals surface area contributed by atoms with Crippen LogP contribution >= 0.6 is 11.8 Å². The molecule has 0 amide bonds. The predicted octanol–water partition coefficient (Wildman–Crippen LogP) is 9.14. The van der Waals surface area contributed by atoms with Gasteiger partial charge < -0.3 is 0 Å². The molecule has 6 heteroatoms. The molecule has 4 heterocycles. The van der Waals surface area contributed by atoms with E-state index in [4.69, 9.17) is 4.98 Å². The molecule has 3 aromatic heterocycles. The van der Waals surface area contributed by atoms with Crippen molar-refractivity contribution in [2.45, 2.75) is 16.0 Å². The Labute approximate surface area is 312 Å². The molecular formula is C47H32FN3SSi. The van der Waals surface area contributed by atoms with Crippen molar-refractivity contribution in [3.8, 4) is 16.9 Å². The topological polar surface area (TPSA) is 30.7 Å². The van der Waals surface area contributed by atoms with Crippen LogP contribution in [-0.4, -0.2) is 22.6 Å². The summed E-state index contributed by atoms with van der Waals surface area (Å²) in [6, 6.07) is 61.2. The van der Waals surface area contributed by atoms with Crippen LogP contribution in [0.5, 0.6) is 0 Å². The highest BCUT2D eigenvalue weighted by atomic mass is 32.2. The largest absolute Gasteiger partial charge is 0.294 e. The van der Waals surface area contributed by atoms with E-state index >= 15 is 4.39 Å². The van der Waals surface area contributed by atoms with Gasteiger partial charge in [-0.3, -0.25) is 9.55 Å². The first-order valence-electron chi connectivity index (χ1n) is 17.8. The van der Waals surface area contributed by atoms with Crippen molar-refractivity contribution < 1.29 is 4.39 Å². The molecule has 0 bridgehead atoms. The summed E-state index contributed by atoms with van der Waals surface area (Å²) in [6.45, 7) is 0. The van der Waals surface area contributed by atoms with E-state index in [0.717, 1.165) is 38.9 Å². The minimum atomic E-state index is -2.94. The average Bonchev–Trinajstić information content (AvgIpc) is 3.58. The second kappa shape index (κ2) is 12.8. The number of fused-ring (bicyclic) bond motifs is 6. The van der Waals surface area contributed by atoms with E-state index < -0.39 is 14.2 Å². The van der Waals surface area contributed by atoms with Gasteiger partial charge in [-0.05, 0) is 86.5 Å². The van der Waals surface area contributed by atoms with Gasteiger partial charge in [-0.25, -0.2) is 9.37 Å². The zero-order valence-corrected chi connectivity index (χ0v) is 30.4. The first-order chi connectivity index (χ1) is 26.2. The van der Waals surface area contributed by atoms with Crippen molar-refractivity contribution in [1.82, 2.24) is 14.5 Å². The Bertz CT molecular complexity index is 2750. The van der Waals surface area contributed by atoms with Gasteiger partial charge in [-0.1, -0.05) is 133 Å². The van der Waals surface area contributed by atoms with Crippen molar-refractivity contribution in [2.24, 2.45) is 0 Å². The number of nitrogens with zero attached hydrogens (tertiary/aromatic N) is 3. The number of halogens is 1. The summed E-state index contributed by atoms with van der Waals surface area (Å²) in [5.74, 6) is 0. The van der Waals surface area contributed by atoms with Crippen LogP contribution in [0, 0.1) is 0 Å². The van der Waals surface area contributed by atoms with Crippen LogP contribution < -0.4 is 20.7 Å². The molecule has 0 fully saturated rings. The zero-order chi connectivity index (χ0) is 35.4. The van der Waals surface area contributed by atoms with Gasteiger partial charge in [0, 0.05) is 44.2 Å². The van der Waals surface area contributed by atoms with Crippen LogP contribution in [0.15, 0.2) is 198 Å². The predicted molar refractivity (Wildman–Crippen MR) is 219 cm³/mol. The van der Waals surface area contributed by atoms with Gasteiger partial charge in [-0.15, -0.1) is 0 Å². The third-order valence-electron chi connectivity index (χ3n) is 10.5. The maximum Gasteiger partial charge on any atom is 0.184 e. The number of pyridine rings is 2. The van der Waals surface area contributed by atoms with Gasteiger partial charge in [0.15, 0.2) is 14.2 Å². The monoisotopic (exact) mass is 717 g/mol. The molecule has 0 saturated heterocycles. The van der Waals surface area contributed by atoms with E-state index in [1.165, 1.54) is 30.5 Å². The van der Waals surface area contributed by atoms with Crippen molar-refractivity contribution in [2.75, 3.05) is 0 Å². The quantitative estimate of drug-likeness (QED) is 0.161. The smallest absolute Gasteiger partial charge is 0.184 e. The van der Waals surface area contributed by atoms with Crippen molar-refractivity contribution >= 4 is 62.5 Å². The highest BCUT2D eigenvalue weighted by Crippen LogP contribution is 2.40. The fraction of sp³-hybridized carbons (Fsp3) is 0.0213. The first kappa shape index (κ1) is 31.6. The van der Waals surface area contributed by atoms with Crippen LogP contribution in [0.2, 0.25) is 0 Å². The maximum atomic E-state index is 16.8. The minimum absolute atomic E-state index is 0.589. The molecule has 0 saturated carbocycles. The normalized spacial score (nSPS) is 13.8. The fourth-order valence-corrected chi connectivity index (χ4v) is 15.4. The lowest BCUT2D eigenvalue weighted by Gasteiger charge is -2.40. The maximum absolute atomic E-state index is 16.8. The van der Waals surface area contributed by atoms with Gasteiger partial charge in [0.1, 0.15) is 5.65 Å². The first-order valence-corrected chi connectivity index (χ1v) is 20.6. The molecule has 0 spiro atoms. The van der Waals surface area contributed by atoms with Crippen LogP contribution in [0.25, 0.3) is 38.9 Å². The lowest BCUT2D eigenvalue weighted by Crippen LogP contribution is -2.76. The second-order valence-corrected chi connectivity index (χ2v) is 18.2. The Morgan fingerprint density at radius 1 is 0.547 bits per heavy atom. The molecule has 0 N–H and O–H groups in total. The number of alkyl halides is 1. The van der Waals surface area contributed by atoms with E-state index in [9.17, 15) is 0 Å². The standard InChI is InChI=1S/C47H32FN3SSi/c48-44(33-15-11-14-32(30-33)40-23-9-10-28-49-40)34-16-12-17-35(31-34)51-45-38(39-22-13-29-50-47(39)51)26-27-42-46(45)53(36-18-3-1-4-19-36,37-20-5-2-6-21-37)43-25-8-7-24-41(43)52-42/h1-31,44H. The van der Waals surface area contributed by atoms with Crippen LogP contribution in [-0.2, 0) is 0 Å². The molecule has 1 aliphatic heterocycles. The highest BCUT2D eigenvalue weighted by molar-refractivity contribution is 8.00. The van der Waals surface area contributed by atoms with Gasteiger partial charge in [0.05, 0.1) is 11.2 Å². The van der Waals surface area contributed by atoms with E-state index in [2.05, 4.69) is 119 Å². The summed E-state index contributed by atoms with van der Waals surface area (Å²) < 4.78 is 19.1. The Kier molecular flexibility index (Phi) is 7.67.